The van der Waals surface area contributed by atoms with Crippen LogP contribution >= 0.6 is 15.9 Å². The molecule has 0 aliphatic carbocycles. The molecule has 0 aliphatic rings. The van der Waals surface area contributed by atoms with E-state index in [1.165, 1.54) is 4.52 Å². The molecule has 2 aromatic heterocycles. The first-order chi connectivity index (χ1) is 10.7. The number of halogens is 1. The van der Waals surface area contributed by atoms with Crippen molar-refractivity contribution in [1.29, 1.82) is 0 Å². The predicted molar refractivity (Wildman–Crippen MR) is 89.1 cm³/mol. The summed E-state index contributed by atoms with van der Waals surface area (Å²) in [6, 6.07) is 9.42. The summed E-state index contributed by atoms with van der Waals surface area (Å²) >= 11 is 3.40. The number of rotatable bonds is 5. The van der Waals surface area contributed by atoms with E-state index in [0.717, 1.165) is 28.7 Å². The maximum absolute atomic E-state index is 12.0. The Labute approximate surface area is 135 Å². The van der Waals surface area contributed by atoms with Crippen molar-refractivity contribution in [3.8, 4) is 0 Å². The molecular formula is C15H16BrN5O. The van der Waals surface area contributed by atoms with Crippen molar-refractivity contribution in [1.82, 2.24) is 19.6 Å². The maximum atomic E-state index is 12.0. The van der Waals surface area contributed by atoms with Crippen LogP contribution in [-0.2, 0) is 13.0 Å². The van der Waals surface area contributed by atoms with Crippen LogP contribution in [0.5, 0.6) is 0 Å². The van der Waals surface area contributed by atoms with Crippen LogP contribution in [0.25, 0.3) is 5.78 Å². The topological polar surface area (TPSA) is 75.1 Å². The first-order valence-electron chi connectivity index (χ1n) is 7.12. The number of fused-ring (bicyclic) bond motifs is 1. The molecule has 2 heterocycles. The lowest BCUT2D eigenvalue weighted by Crippen LogP contribution is -2.15. The second-order valence-corrected chi connectivity index (χ2v) is 5.92. The number of nitrogens with one attached hydrogen (secondary N) is 2. The van der Waals surface area contributed by atoms with Crippen LogP contribution in [0.2, 0.25) is 0 Å². The molecule has 6 nitrogen and oxygen atoms in total. The smallest absolute Gasteiger partial charge is 0.274 e. The largest absolute Gasteiger partial charge is 0.378 e. The summed E-state index contributed by atoms with van der Waals surface area (Å²) in [6.45, 7) is 2.55. The molecule has 0 fully saturated rings. The van der Waals surface area contributed by atoms with Crippen molar-refractivity contribution >= 4 is 27.4 Å². The monoisotopic (exact) mass is 361 g/mol. The molecule has 114 valence electrons. The van der Waals surface area contributed by atoms with Crippen LogP contribution in [-0.4, -0.2) is 19.6 Å². The highest BCUT2D eigenvalue weighted by Gasteiger charge is 2.07. The molecule has 0 unspecified atom stereocenters. The van der Waals surface area contributed by atoms with Gasteiger partial charge in [0.2, 0.25) is 0 Å². The lowest BCUT2D eigenvalue weighted by molar-refractivity contribution is 0.825. The van der Waals surface area contributed by atoms with E-state index in [4.69, 9.17) is 0 Å². The average molecular weight is 362 g/mol. The number of H-pyrrole nitrogens is 1. The Bertz CT molecular complexity index is 837. The lowest BCUT2D eigenvalue weighted by Gasteiger charge is -2.03. The highest BCUT2D eigenvalue weighted by atomic mass is 79.9. The van der Waals surface area contributed by atoms with E-state index in [0.29, 0.717) is 18.1 Å². The van der Waals surface area contributed by atoms with E-state index in [2.05, 4.69) is 43.2 Å². The first kappa shape index (κ1) is 14.8. The normalized spacial score (nSPS) is 11.0. The van der Waals surface area contributed by atoms with Gasteiger partial charge in [-0.3, -0.25) is 9.89 Å². The average Bonchev–Trinajstić information content (AvgIpc) is 2.91. The van der Waals surface area contributed by atoms with Gasteiger partial charge in [-0.2, -0.15) is 9.50 Å². The van der Waals surface area contributed by atoms with Crippen LogP contribution in [0.15, 0.2) is 39.6 Å². The first-order valence-corrected chi connectivity index (χ1v) is 7.92. The zero-order chi connectivity index (χ0) is 15.5. The summed E-state index contributed by atoms with van der Waals surface area (Å²) in [5.74, 6) is 1.09. The van der Waals surface area contributed by atoms with Gasteiger partial charge in [0.25, 0.3) is 11.3 Å². The number of aryl methyl sites for hydroxylation is 1. The van der Waals surface area contributed by atoms with Crippen molar-refractivity contribution in [3.05, 3.63) is 56.7 Å². The van der Waals surface area contributed by atoms with Crippen molar-refractivity contribution in [3.63, 3.8) is 0 Å². The third-order valence-corrected chi connectivity index (χ3v) is 3.77. The number of aromatic nitrogens is 4. The molecular weight excluding hydrogens is 346 g/mol. The standard InChI is InChI=1S/C15H16BrN5O/c1-2-3-12-8-14(22)21-15(18-12)19-13(20-21)9-17-11-6-4-10(16)5-7-11/h4-8,17H,2-3,9H2,1H3,(H,18,19,20). The van der Waals surface area contributed by atoms with Crippen molar-refractivity contribution in [2.75, 3.05) is 5.32 Å². The second-order valence-electron chi connectivity index (χ2n) is 5.00. The van der Waals surface area contributed by atoms with Gasteiger partial charge in [-0.05, 0) is 30.7 Å². The molecule has 3 rings (SSSR count). The van der Waals surface area contributed by atoms with E-state index in [-0.39, 0.29) is 5.56 Å². The van der Waals surface area contributed by atoms with Gasteiger partial charge in [-0.1, -0.05) is 29.3 Å². The Morgan fingerprint density at radius 3 is 2.77 bits per heavy atom. The second kappa shape index (κ2) is 6.31. The summed E-state index contributed by atoms with van der Waals surface area (Å²) in [6.07, 6.45) is 1.73. The Morgan fingerprint density at radius 1 is 1.27 bits per heavy atom. The van der Waals surface area contributed by atoms with Crippen LogP contribution in [0.4, 0.5) is 5.69 Å². The summed E-state index contributed by atoms with van der Waals surface area (Å²) in [5.41, 5.74) is 1.64. The fourth-order valence-corrected chi connectivity index (χ4v) is 2.45. The van der Waals surface area contributed by atoms with E-state index in [1.54, 1.807) is 6.07 Å². The van der Waals surface area contributed by atoms with Gasteiger partial charge in [-0.25, -0.2) is 4.98 Å². The summed E-state index contributed by atoms with van der Waals surface area (Å²) in [4.78, 5) is 20.8. The molecule has 0 aliphatic heterocycles. The van der Waals surface area contributed by atoms with Gasteiger partial charge in [0.1, 0.15) is 5.82 Å². The zero-order valence-corrected chi connectivity index (χ0v) is 13.7. The van der Waals surface area contributed by atoms with Gasteiger partial charge in [0, 0.05) is 16.2 Å². The summed E-state index contributed by atoms with van der Waals surface area (Å²) in [7, 11) is 0. The number of hydrogen-bond acceptors (Lipinski definition) is 4. The number of nitrogens with zero attached hydrogens (tertiary/aromatic N) is 3. The SMILES string of the molecule is CCCc1cc(=O)n2[nH]c(CNc3ccc(Br)cc3)nc2n1. The fourth-order valence-electron chi connectivity index (χ4n) is 2.19. The minimum absolute atomic E-state index is 0.129. The molecule has 22 heavy (non-hydrogen) atoms. The molecule has 0 saturated heterocycles. The third kappa shape index (κ3) is 3.19. The zero-order valence-electron chi connectivity index (χ0n) is 12.1. The minimum Gasteiger partial charge on any atom is -0.378 e. The third-order valence-electron chi connectivity index (χ3n) is 3.24. The molecule has 0 atom stereocenters. The Hall–Kier alpha value is -2.15. The molecule has 0 bridgehead atoms. The van der Waals surface area contributed by atoms with Crippen LogP contribution in [0.1, 0.15) is 24.9 Å². The predicted octanol–water partition coefficient (Wildman–Crippen LogP) is 2.74. The van der Waals surface area contributed by atoms with E-state index >= 15 is 0 Å². The van der Waals surface area contributed by atoms with Gasteiger partial charge in [0.15, 0.2) is 0 Å². The van der Waals surface area contributed by atoms with E-state index in [1.807, 2.05) is 24.3 Å². The Kier molecular flexibility index (Phi) is 4.24. The Morgan fingerprint density at radius 2 is 2.05 bits per heavy atom. The van der Waals surface area contributed by atoms with Crippen molar-refractivity contribution < 1.29 is 0 Å². The molecule has 0 amide bonds. The lowest BCUT2D eigenvalue weighted by atomic mass is 10.2. The van der Waals surface area contributed by atoms with Crippen LogP contribution in [0.3, 0.4) is 0 Å². The van der Waals surface area contributed by atoms with Crippen LogP contribution in [0, 0.1) is 0 Å². The van der Waals surface area contributed by atoms with E-state index < -0.39 is 0 Å². The molecule has 3 aromatic rings. The number of anilines is 1. The Balaban J connectivity index is 1.81. The number of hydrogen-bond donors (Lipinski definition) is 2. The number of aromatic amines is 1. The number of benzene rings is 1. The quantitative estimate of drug-likeness (QED) is 0.732. The van der Waals surface area contributed by atoms with Gasteiger partial charge >= 0.3 is 0 Å². The van der Waals surface area contributed by atoms with Crippen molar-refractivity contribution in [2.24, 2.45) is 0 Å². The van der Waals surface area contributed by atoms with Gasteiger partial charge in [-0.15, -0.1) is 0 Å². The molecule has 0 radical (unpaired) electrons. The van der Waals surface area contributed by atoms with Crippen LogP contribution < -0.4 is 10.9 Å². The van der Waals surface area contributed by atoms with Gasteiger partial charge in [0.05, 0.1) is 12.2 Å². The summed E-state index contributed by atoms with van der Waals surface area (Å²) < 4.78 is 2.40. The maximum Gasteiger partial charge on any atom is 0.274 e. The van der Waals surface area contributed by atoms with Crippen molar-refractivity contribution in [2.45, 2.75) is 26.3 Å². The molecule has 0 saturated carbocycles. The van der Waals surface area contributed by atoms with Gasteiger partial charge < -0.3 is 5.32 Å². The minimum atomic E-state index is -0.129. The highest BCUT2D eigenvalue weighted by Crippen LogP contribution is 2.14. The summed E-state index contributed by atoms with van der Waals surface area (Å²) in [5, 5.41) is 6.22. The fraction of sp³-hybridized carbons (Fsp3) is 0.267. The molecule has 1 aromatic carbocycles. The molecule has 0 spiro atoms. The molecule has 2 N–H and O–H groups in total. The highest BCUT2D eigenvalue weighted by molar-refractivity contribution is 9.10. The van der Waals surface area contributed by atoms with E-state index in [9.17, 15) is 4.79 Å². The molecule has 7 heteroatoms.